The molecular weight excluding hydrogens is 179 g/mol. The first kappa shape index (κ1) is 11.5. The highest BCUT2D eigenvalue weighted by molar-refractivity contribution is 6.44. The van der Waals surface area contributed by atoms with Gasteiger partial charge in [0.05, 0.1) is 0 Å². The van der Waals surface area contributed by atoms with Crippen LogP contribution in [0, 0.1) is 5.92 Å². The fraction of sp³-hybridized carbons (Fsp3) is 1.00. The molecule has 85 valence electrons. The molecule has 0 aliphatic carbocycles. The van der Waals surface area contributed by atoms with E-state index < -0.39 is 0 Å². The Morgan fingerprint density at radius 1 is 0.933 bits per heavy atom. The van der Waals surface area contributed by atoms with E-state index in [1.807, 2.05) is 0 Å². The molecule has 1 radical (unpaired) electrons. The lowest BCUT2D eigenvalue weighted by atomic mass is 9.36. The van der Waals surface area contributed by atoms with Crippen molar-refractivity contribution in [2.75, 3.05) is 0 Å². The first-order valence-corrected chi connectivity index (χ1v) is 6.89. The lowest BCUT2D eigenvalue weighted by molar-refractivity contribution is 0.393. The van der Waals surface area contributed by atoms with Crippen LogP contribution in [0.15, 0.2) is 0 Å². The van der Waals surface area contributed by atoms with Crippen LogP contribution in [-0.4, -0.2) is 7.28 Å². The maximum absolute atomic E-state index is 2.75. The van der Waals surface area contributed by atoms with Crippen LogP contribution in [0.5, 0.6) is 0 Å². The highest BCUT2D eigenvalue weighted by Gasteiger charge is 2.40. The minimum Gasteiger partial charge on any atom is -0.0669 e. The topological polar surface area (TPSA) is 0 Å². The van der Waals surface area contributed by atoms with Crippen molar-refractivity contribution < 1.29 is 0 Å². The number of rotatable bonds is 0. The van der Waals surface area contributed by atoms with Crippen molar-refractivity contribution in [3.05, 3.63) is 0 Å². The summed E-state index contributed by atoms with van der Waals surface area (Å²) in [7, 11) is 2.75. The zero-order valence-electron chi connectivity index (χ0n) is 10.8. The third-order valence-corrected chi connectivity index (χ3v) is 4.72. The molecule has 2 rings (SSSR count). The molecule has 2 aliphatic rings. The molecular formula is C14H26B. The Balaban J connectivity index is 2.18. The molecule has 2 aliphatic heterocycles. The van der Waals surface area contributed by atoms with Crippen LogP contribution >= 0.6 is 0 Å². The number of hydrogen-bond donors (Lipinski definition) is 0. The van der Waals surface area contributed by atoms with Gasteiger partial charge >= 0.3 is 0 Å². The van der Waals surface area contributed by atoms with Gasteiger partial charge in [-0.3, -0.25) is 0 Å². The van der Waals surface area contributed by atoms with Crippen molar-refractivity contribution in [1.29, 1.82) is 0 Å². The zero-order chi connectivity index (χ0) is 10.9. The summed E-state index contributed by atoms with van der Waals surface area (Å²) in [4.78, 5) is 0. The third-order valence-electron chi connectivity index (χ3n) is 4.72. The van der Waals surface area contributed by atoms with E-state index in [0.717, 1.165) is 5.92 Å². The molecule has 0 aromatic heterocycles. The molecule has 3 atom stereocenters. The second kappa shape index (κ2) is 4.15. The van der Waals surface area contributed by atoms with Crippen molar-refractivity contribution in [3.63, 3.8) is 0 Å². The zero-order valence-corrected chi connectivity index (χ0v) is 10.8. The van der Waals surface area contributed by atoms with Crippen LogP contribution < -0.4 is 0 Å². The van der Waals surface area contributed by atoms with Gasteiger partial charge in [-0.05, 0) is 5.92 Å². The largest absolute Gasteiger partial charge is 0.125 e. The molecule has 1 heteroatoms. The molecule has 0 N–H and O–H groups in total. The van der Waals surface area contributed by atoms with Gasteiger partial charge in [0.1, 0.15) is 7.28 Å². The Morgan fingerprint density at radius 3 is 2.33 bits per heavy atom. The fourth-order valence-electron chi connectivity index (χ4n) is 4.05. The lowest BCUT2D eigenvalue weighted by Gasteiger charge is -2.39. The molecule has 0 aromatic rings. The Labute approximate surface area is 96.5 Å². The predicted molar refractivity (Wildman–Crippen MR) is 68.6 cm³/mol. The van der Waals surface area contributed by atoms with E-state index in [1.54, 1.807) is 0 Å². The lowest BCUT2D eigenvalue weighted by Crippen LogP contribution is -2.28. The summed E-state index contributed by atoms with van der Waals surface area (Å²) in [6, 6.07) is 0. The molecule has 15 heavy (non-hydrogen) atoms. The quantitative estimate of drug-likeness (QED) is 0.497. The van der Waals surface area contributed by atoms with E-state index in [-0.39, 0.29) is 0 Å². The SMILES string of the molecule is CC1CCC2(C)[B]C(C)(CCCCC2)C1. The van der Waals surface area contributed by atoms with Crippen molar-refractivity contribution in [2.45, 2.75) is 82.8 Å². The van der Waals surface area contributed by atoms with Gasteiger partial charge in [0.2, 0.25) is 0 Å². The van der Waals surface area contributed by atoms with Gasteiger partial charge in [-0.15, -0.1) is 0 Å². The third kappa shape index (κ3) is 2.79. The molecule has 2 heterocycles. The molecule has 2 saturated heterocycles. The molecule has 0 amide bonds. The van der Waals surface area contributed by atoms with Gasteiger partial charge < -0.3 is 0 Å². The van der Waals surface area contributed by atoms with Gasteiger partial charge in [-0.25, -0.2) is 0 Å². The smallest absolute Gasteiger partial charge is 0.0669 e. The summed E-state index contributed by atoms with van der Waals surface area (Å²) in [5.41, 5.74) is 0. The van der Waals surface area contributed by atoms with Crippen LogP contribution in [-0.2, 0) is 0 Å². The van der Waals surface area contributed by atoms with Gasteiger partial charge in [-0.2, -0.15) is 0 Å². The van der Waals surface area contributed by atoms with Crippen LogP contribution in [0.4, 0.5) is 0 Å². The van der Waals surface area contributed by atoms with E-state index >= 15 is 0 Å². The minimum absolute atomic E-state index is 0.547. The van der Waals surface area contributed by atoms with Crippen LogP contribution in [0.2, 0.25) is 10.6 Å². The second-order valence-corrected chi connectivity index (χ2v) is 6.86. The van der Waals surface area contributed by atoms with Gasteiger partial charge in [0.15, 0.2) is 0 Å². The van der Waals surface area contributed by atoms with Gasteiger partial charge in [0, 0.05) is 0 Å². The van der Waals surface area contributed by atoms with Crippen LogP contribution in [0.1, 0.15) is 72.1 Å². The molecule has 0 aromatic carbocycles. The molecule has 0 nitrogen and oxygen atoms in total. The number of fused-ring (bicyclic) bond motifs is 2. The van der Waals surface area contributed by atoms with E-state index in [1.165, 1.54) is 51.4 Å². The highest BCUT2D eigenvalue weighted by atomic mass is 14.3. The Bertz CT molecular complexity index is 225. The predicted octanol–water partition coefficient (Wildman–Crippen LogP) is 4.83. The highest BCUT2D eigenvalue weighted by Crippen LogP contribution is 2.54. The van der Waals surface area contributed by atoms with E-state index in [2.05, 4.69) is 28.1 Å². The standard InChI is InChI=1S/C14H26B/c1-12-7-10-13(2)8-5-4-6-9-14(3,11-12)15-13/h12H,4-11H2,1-3H3. The Hall–Kier alpha value is 0.0649. The average Bonchev–Trinajstić information content (AvgIpc) is 2.22. The maximum Gasteiger partial charge on any atom is 0.125 e. The van der Waals surface area contributed by atoms with Crippen LogP contribution in [0.25, 0.3) is 0 Å². The monoisotopic (exact) mass is 205 g/mol. The molecule has 3 unspecified atom stereocenters. The van der Waals surface area contributed by atoms with Crippen molar-refractivity contribution in [2.24, 2.45) is 5.92 Å². The first-order chi connectivity index (χ1) is 7.02. The van der Waals surface area contributed by atoms with Gasteiger partial charge in [0.25, 0.3) is 0 Å². The summed E-state index contributed by atoms with van der Waals surface area (Å²) in [5, 5.41) is 1.10. The van der Waals surface area contributed by atoms with Crippen molar-refractivity contribution >= 4 is 7.28 Å². The van der Waals surface area contributed by atoms with Crippen molar-refractivity contribution in [3.8, 4) is 0 Å². The van der Waals surface area contributed by atoms with E-state index in [4.69, 9.17) is 0 Å². The average molecular weight is 205 g/mol. The summed E-state index contributed by atoms with van der Waals surface area (Å²) in [6.45, 7) is 7.47. The fourth-order valence-corrected chi connectivity index (χ4v) is 4.05. The molecule has 0 spiro atoms. The Kier molecular flexibility index (Phi) is 3.19. The molecule has 2 bridgehead atoms. The van der Waals surface area contributed by atoms with Gasteiger partial charge in [-0.1, -0.05) is 82.8 Å². The minimum atomic E-state index is 0.547. The summed E-state index contributed by atoms with van der Waals surface area (Å²) in [5.74, 6) is 0.936. The summed E-state index contributed by atoms with van der Waals surface area (Å²) >= 11 is 0. The first-order valence-electron chi connectivity index (χ1n) is 6.89. The summed E-state index contributed by atoms with van der Waals surface area (Å²) in [6.07, 6.45) is 11.6. The molecule has 0 saturated carbocycles. The summed E-state index contributed by atoms with van der Waals surface area (Å²) < 4.78 is 0. The van der Waals surface area contributed by atoms with Crippen LogP contribution in [0.3, 0.4) is 0 Å². The molecule has 2 fully saturated rings. The van der Waals surface area contributed by atoms with E-state index in [0.29, 0.717) is 10.6 Å². The maximum atomic E-state index is 2.75. The van der Waals surface area contributed by atoms with Crippen molar-refractivity contribution in [1.82, 2.24) is 0 Å². The second-order valence-electron chi connectivity index (χ2n) is 6.86. The normalized spacial score (nSPS) is 47.3. The van der Waals surface area contributed by atoms with E-state index in [9.17, 15) is 0 Å². The Morgan fingerprint density at radius 2 is 1.60 bits per heavy atom. The number of hydrogen-bond acceptors (Lipinski definition) is 0.